The largest absolute Gasteiger partial charge is 0.481 e. The van der Waals surface area contributed by atoms with Crippen LogP contribution in [0.5, 0.6) is 0 Å². The van der Waals surface area contributed by atoms with E-state index >= 15 is 0 Å². The summed E-state index contributed by atoms with van der Waals surface area (Å²) < 4.78 is 0. The van der Waals surface area contributed by atoms with Gasteiger partial charge in [0, 0.05) is 19.2 Å². The van der Waals surface area contributed by atoms with E-state index in [-0.39, 0.29) is 18.9 Å². The van der Waals surface area contributed by atoms with Crippen LogP contribution >= 0.6 is 0 Å². The van der Waals surface area contributed by atoms with Gasteiger partial charge in [0.1, 0.15) is 0 Å². The van der Waals surface area contributed by atoms with Crippen LogP contribution in [0.4, 0.5) is 0 Å². The predicted octanol–water partition coefficient (Wildman–Crippen LogP) is 1.91. The molecule has 0 saturated carbocycles. The summed E-state index contributed by atoms with van der Waals surface area (Å²) in [6, 6.07) is 0. The molecule has 4 nitrogen and oxygen atoms in total. The van der Waals surface area contributed by atoms with Gasteiger partial charge in [0.15, 0.2) is 0 Å². The number of carbonyl (C=O) groups is 2. The maximum atomic E-state index is 11.8. The summed E-state index contributed by atoms with van der Waals surface area (Å²) in [5.74, 6) is -0.642. The first-order chi connectivity index (χ1) is 7.32. The minimum absolute atomic E-state index is 0.00490. The highest BCUT2D eigenvalue weighted by Gasteiger charge is 2.13. The zero-order valence-electron chi connectivity index (χ0n) is 10.5. The van der Waals surface area contributed by atoms with Crippen molar-refractivity contribution in [2.45, 2.75) is 34.1 Å². The predicted molar refractivity (Wildman–Crippen MR) is 63.1 cm³/mol. The van der Waals surface area contributed by atoms with Gasteiger partial charge >= 0.3 is 5.97 Å². The number of rotatable bonds is 6. The monoisotopic (exact) mass is 227 g/mol. The molecule has 0 aromatic carbocycles. The third-order valence-corrected chi connectivity index (χ3v) is 1.90. The number of amides is 1. The second-order valence-electron chi connectivity index (χ2n) is 4.54. The lowest BCUT2D eigenvalue weighted by atomic mass is 10.2. The third-order valence-electron chi connectivity index (χ3n) is 1.90. The van der Waals surface area contributed by atoms with Gasteiger partial charge in [0.25, 0.3) is 0 Å². The molecule has 0 rings (SSSR count). The van der Waals surface area contributed by atoms with Crippen LogP contribution in [0.1, 0.15) is 34.1 Å². The van der Waals surface area contributed by atoms with Crippen LogP contribution in [0.3, 0.4) is 0 Å². The van der Waals surface area contributed by atoms with Crippen molar-refractivity contribution in [3.8, 4) is 0 Å². The molecule has 0 aromatic rings. The van der Waals surface area contributed by atoms with Crippen molar-refractivity contribution >= 4 is 11.9 Å². The molecule has 1 N–H and O–H groups in total. The SMILES string of the molecule is CC(C)=CC(=O)N(CCC(=O)O)CC(C)C. The summed E-state index contributed by atoms with van der Waals surface area (Å²) in [6.45, 7) is 8.57. The van der Waals surface area contributed by atoms with Crippen molar-refractivity contribution in [3.05, 3.63) is 11.6 Å². The minimum atomic E-state index is -0.876. The van der Waals surface area contributed by atoms with Gasteiger partial charge in [0.05, 0.1) is 6.42 Å². The van der Waals surface area contributed by atoms with Gasteiger partial charge < -0.3 is 10.0 Å². The Kier molecular flexibility index (Phi) is 6.46. The van der Waals surface area contributed by atoms with E-state index in [1.54, 1.807) is 11.0 Å². The number of carboxylic acids is 1. The highest BCUT2D eigenvalue weighted by Crippen LogP contribution is 2.03. The van der Waals surface area contributed by atoms with Crippen molar-refractivity contribution in [2.24, 2.45) is 5.92 Å². The summed E-state index contributed by atoms with van der Waals surface area (Å²) in [7, 11) is 0. The van der Waals surface area contributed by atoms with Crippen LogP contribution in [-0.4, -0.2) is 35.0 Å². The van der Waals surface area contributed by atoms with Crippen LogP contribution in [0.2, 0.25) is 0 Å². The van der Waals surface area contributed by atoms with Crippen LogP contribution in [0, 0.1) is 5.92 Å². The molecule has 0 fully saturated rings. The van der Waals surface area contributed by atoms with Crippen molar-refractivity contribution < 1.29 is 14.7 Å². The van der Waals surface area contributed by atoms with Gasteiger partial charge in [-0.25, -0.2) is 0 Å². The Morgan fingerprint density at radius 3 is 2.25 bits per heavy atom. The number of hydrogen-bond acceptors (Lipinski definition) is 2. The van der Waals surface area contributed by atoms with Gasteiger partial charge in [-0.3, -0.25) is 9.59 Å². The molecule has 0 bridgehead atoms. The average Bonchev–Trinajstić information content (AvgIpc) is 2.09. The van der Waals surface area contributed by atoms with E-state index in [1.807, 2.05) is 27.7 Å². The van der Waals surface area contributed by atoms with Gasteiger partial charge in [-0.2, -0.15) is 0 Å². The van der Waals surface area contributed by atoms with Crippen molar-refractivity contribution in [3.63, 3.8) is 0 Å². The van der Waals surface area contributed by atoms with E-state index in [1.165, 1.54) is 0 Å². The summed E-state index contributed by atoms with van der Waals surface area (Å²) in [5.41, 5.74) is 0.925. The molecule has 0 unspecified atom stereocenters. The molecule has 0 atom stereocenters. The number of aliphatic carboxylic acids is 1. The second kappa shape index (κ2) is 7.04. The molecule has 0 aliphatic rings. The fraction of sp³-hybridized carbons (Fsp3) is 0.667. The van der Waals surface area contributed by atoms with Crippen molar-refractivity contribution in [2.75, 3.05) is 13.1 Å². The lowest BCUT2D eigenvalue weighted by Gasteiger charge is -2.22. The Hall–Kier alpha value is -1.32. The first-order valence-corrected chi connectivity index (χ1v) is 5.48. The number of carboxylic acid groups (broad SMARTS) is 1. The minimum Gasteiger partial charge on any atom is -0.481 e. The van der Waals surface area contributed by atoms with Crippen molar-refractivity contribution in [1.82, 2.24) is 4.90 Å². The lowest BCUT2D eigenvalue weighted by molar-refractivity contribution is -0.138. The Morgan fingerprint density at radius 1 is 1.31 bits per heavy atom. The van der Waals surface area contributed by atoms with Gasteiger partial charge in [-0.05, 0) is 19.8 Å². The average molecular weight is 227 g/mol. The molecule has 0 spiro atoms. The lowest BCUT2D eigenvalue weighted by Crippen LogP contribution is -2.34. The Bertz CT molecular complexity index is 278. The Balaban J connectivity index is 4.47. The number of allylic oxidation sites excluding steroid dienone is 1. The molecule has 0 aromatic heterocycles. The molecule has 16 heavy (non-hydrogen) atoms. The first-order valence-electron chi connectivity index (χ1n) is 5.48. The summed E-state index contributed by atoms with van der Waals surface area (Å²) in [5, 5.41) is 8.61. The van der Waals surface area contributed by atoms with Gasteiger partial charge in [-0.15, -0.1) is 0 Å². The maximum absolute atomic E-state index is 11.8. The first kappa shape index (κ1) is 14.7. The van der Waals surface area contributed by atoms with Crippen LogP contribution in [0.15, 0.2) is 11.6 Å². The summed E-state index contributed by atoms with van der Waals surface area (Å²) >= 11 is 0. The van der Waals surface area contributed by atoms with Crippen molar-refractivity contribution in [1.29, 1.82) is 0 Å². The molecule has 0 radical (unpaired) electrons. The van der Waals surface area contributed by atoms with Gasteiger partial charge in [0.2, 0.25) is 5.91 Å². The number of hydrogen-bond donors (Lipinski definition) is 1. The highest BCUT2D eigenvalue weighted by molar-refractivity contribution is 5.88. The topological polar surface area (TPSA) is 57.6 Å². The molecular formula is C12H21NO3. The zero-order chi connectivity index (χ0) is 12.7. The molecule has 0 heterocycles. The maximum Gasteiger partial charge on any atom is 0.305 e. The molecule has 92 valence electrons. The van der Waals surface area contributed by atoms with E-state index in [0.29, 0.717) is 12.5 Å². The summed E-state index contributed by atoms with van der Waals surface area (Å²) in [6.07, 6.45) is 1.54. The second-order valence-corrected chi connectivity index (χ2v) is 4.54. The molecule has 0 saturated heterocycles. The van der Waals surface area contributed by atoms with E-state index < -0.39 is 5.97 Å². The molecule has 1 amide bonds. The Morgan fingerprint density at radius 2 is 1.88 bits per heavy atom. The van der Waals surface area contributed by atoms with E-state index in [2.05, 4.69) is 0 Å². The third kappa shape index (κ3) is 7.04. The van der Waals surface area contributed by atoms with Gasteiger partial charge in [-0.1, -0.05) is 19.4 Å². The fourth-order valence-corrected chi connectivity index (χ4v) is 1.30. The van der Waals surface area contributed by atoms with Crippen LogP contribution in [-0.2, 0) is 9.59 Å². The molecule has 0 aliphatic heterocycles. The van der Waals surface area contributed by atoms with E-state index in [0.717, 1.165) is 5.57 Å². The van der Waals surface area contributed by atoms with Crippen LogP contribution in [0.25, 0.3) is 0 Å². The normalized spacial score (nSPS) is 10.1. The Labute approximate surface area is 96.9 Å². The zero-order valence-corrected chi connectivity index (χ0v) is 10.5. The van der Waals surface area contributed by atoms with E-state index in [4.69, 9.17) is 5.11 Å². The number of nitrogens with zero attached hydrogens (tertiary/aromatic N) is 1. The molecule has 4 heteroatoms. The van der Waals surface area contributed by atoms with E-state index in [9.17, 15) is 9.59 Å². The van der Waals surface area contributed by atoms with Crippen LogP contribution < -0.4 is 0 Å². The standard InChI is InChI=1S/C12H21NO3/c1-9(2)7-11(14)13(8-10(3)4)6-5-12(15)16/h7,10H,5-6,8H2,1-4H3,(H,15,16). The highest BCUT2D eigenvalue weighted by atomic mass is 16.4. The summed E-state index contributed by atoms with van der Waals surface area (Å²) in [4.78, 5) is 23.8. The number of carbonyl (C=O) groups excluding carboxylic acids is 1. The fourth-order valence-electron chi connectivity index (χ4n) is 1.30. The quantitative estimate of drug-likeness (QED) is 0.705. The smallest absolute Gasteiger partial charge is 0.305 e. The molecule has 0 aliphatic carbocycles. The molecular weight excluding hydrogens is 206 g/mol.